The van der Waals surface area contributed by atoms with Crippen LogP contribution >= 0.6 is 0 Å². The Morgan fingerprint density at radius 3 is 2.69 bits per heavy atom. The molecule has 0 unspecified atom stereocenters. The standard InChI is InChI=1S/C14H24N2/c1-12(2)7-6-10-16(4)14-9-5-8-13(11-14)15-3/h5,8-9,11-12,15H,6-7,10H2,1-4H3. The van der Waals surface area contributed by atoms with Gasteiger partial charge >= 0.3 is 0 Å². The highest BCUT2D eigenvalue weighted by Gasteiger charge is 2.02. The van der Waals surface area contributed by atoms with Crippen LogP contribution in [0.3, 0.4) is 0 Å². The van der Waals surface area contributed by atoms with Gasteiger partial charge in [-0.15, -0.1) is 0 Å². The largest absolute Gasteiger partial charge is 0.388 e. The Bertz CT molecular complexity index is 307. The van der Waals surface area contributed by atoms with Gasteiger partial charge in [0.1, 0.15) is 0 Å². The minimum atomic E-state index is 0.803. The third kappa shape index (κ3) is 4.13. The number of hydrogen-bond acceptors (Lipinski definition) is 2. The van der Waals surface area contributed by atoms with Crippen LogP contribution in [0.2, 0.25) is 0 Å². The van der Waals surface area contributed by atoms with Crippen molar-refractivity contribution in [3.05, 3.63) is 24.3 Å². The summed E-state index contributed by atoms with van der Waals surface area (Å²) in [5.74, 6) is 0.803. The molecule has 0 saturated carbocycles. The summed E-state index contributed by atoms with van der Waals surface area (Å²) >= 11 is 0. The van der Waals surface area contributed by atoms with Crippen LogP contribution in [-0.2, 0) is 0 Å². The van der Waals surface area contributed by atoms with E-state index in [2.05, 4.69) is 55.4 Å². The average molecular weight is 220 g/mol. The molecule has 1 aromatic rings. The molecule has 0 aliphatic rings. The third-order valence-corrected chi connectivity index (χ3v) is 2.85. The molecule has 2 nitrogen and oxygen atoms in total. The number of hydrogen-bond donors (Lipinski definition) is 1. The molecular weight excluding hydrogens is 196 g/mol. The van der Waals surface area contributed by atoms with E-state index in [0.29, 0.717) is 0 Å². The van der Waals surface area contributed by atoms with Crippen molar-refractivity contribution in [1.29, 1.82) is 0 Å². The van der Waals surface area contributed by atoms with E-state index in [1.807, 2.05) is 7.05 Å². The van der Waals surface area contributed by atoms with E-state index in [1.165, 1.54) is 24.2 Å². The van der Waals surface area contributed by atoms with E-state index >= 15 is 0 Å². The van der Waals surface area contributed by atoms with Crippen molar-refractivity contribution in [3.63, 3.8) is 0 Å². The molecule has 0 aromatic heterocycles. The Balaban J connectivity index is 2.48. The molecule has 0 fully saturated rings. The lowest BCUT2D eigenvalue weighted by Crippen LogP contribution is -2.18. The van der Waals surface area contributed by atoms with Gasteiger partial charge in [-0.05, 0) is 37.0 Å². The molecule has 0 spiro atoms. The number of anilines is 2. The fourth-order valence-electron chi connectivity index (χ4n) is 1.76. The summed E-state index contributed by atoms with van der Waals surface area (Å²) < 4.78 is 0. The van der Waals surface area contributed by atoms with Crippen molar-refractivity contribution in [2.45, 2.75) is 26.7 Å². The number of benzene rings is 1. The molecule has 2 heteroatoms. The second-order valence-electron chi connectivity index (χ2n) is 4.76. The van der Waals surface area contributed by atoms with Gasteiger partial charge in [0.2, 0.25) is 0 Å². The zero-order valence-electron chi connectivity index (χ0n) is 11.0. The zero-order chi connectivity index (χ0) is 12.0. The number of rotatable bonds is 6. The van der Waals surface area contributed by atoms with Crippen molar-refractivity contribution < 1.29 is 0 Å². The van der Waals surface area contributed by atoms with Crippen molar-refractivity contribution in [2.75, 3.05) is 30.9 Å². The lowest BCUT2D eigenvalue weighted by atomic mass is 10.1. The molecule has 0 saturated heterocycles. The first-order valence-electron chi connectivity index (χ1n) is 6.12. The van der Waals surface area contributed by atoms with Gasteiger partial charge in [-0.3, -0.25) is 0 Å². The molecule has 0 bridgehead atoms. The fraction of sp³-hybridized carbons (Fsp3) is 0.571. The van der Waals surface area contributed by atoms with Gasteiger partial charge < -0.3 is 10.2 Å². The van der Waals surface area contributed by atoms with Crippen LogP contribution in [-0.4, -0.2) is 20.6 Å². The Morgan fingerprint density at radius 1 is 1.31 bits per heavy atom. The Labute approximate surface area is 99.7 Å². The molecule has 1 aromatic carbocycles. The zero-order valence-corrected chi connectivity index (χ0v) is 11.0. The monoisotopic (exact) mass is 220 g/mol. The van der Waals surface area contributed by atoms with Crippen molar-refractivity contribution in [3.8, 4) is 0 Å². The summed E-state index contributed by atoms with van der Waals surface area (Å²) in [6.45, 7) is 5.69. The molecule has 0 radical (unpaired) electrons. The molecular formula is C14H24N2. The van der Waals surface area contributed by atoms with E-state index < -0.39 is 0 Å². The topological polar surface area (TPSA) is 15.3 Å². The van der Waals surface area contributed by atoms with Gasteiger partial charge in [0.25, 0.3) is 0 Å². The molecule has 90 valence electrons. The number of nitrogens with zero attached hydrogens (tertiary/aromatic N) is 1. The fourth-order valence-corrected chi connectivity index (χ4v) is 1.76. The van der Waals surface area contributed by atoms with Gasteiger partial charge in [0.15, 0.2) is 0 Å². The molecule has 0 atom stereocenters. The normalized spacial score (nSPS) is 10.6. The summed E-state index contributed by atoms with van der Waals surface area (Å²) in [4.78, 5) is 2.32. The van der Waals surface area contributed by atoms with Crippen LogP contribution in [0.25, 0.3) is 0 Å². The Morgan fingerprint density at radius 2 is 2.06 bits per heavy atom. The molecule has 1 N–H and O–H groups in total. The van der Waals surface area contributed by atoms with Crippen LogP contribution in [0.4, 0.5) is 11.4 Å². The maximum atomic E-state index is 3.17. The minimum absolute atomic E-state index is 0.803. The average Bonchev–Trinajstić information content (AvgIpc) is 2.28. The van der Waals surface area contributed by atoms with Gasteiger partial charge in [-0.2, -0.15) is 0 Å². The smallest absolute Gasteiger partial charge is 0.0384 e. The van der Waals surface area contributed by atoms with Gasteiger partial charge in [0.05, 0.1) is 0 Å². The summed E-state index contributed by atoms with van der Waals surface area (Å²) in [6, 6.07) is 8.54. The van der Waals surface area contributed by atoms with E-state index in [1.54, 1.807) is 0 Å². The van der Waals surface area contributed by atoms with E-state index in [-0.39, 0.29) is 0 Å². The maximum absolute atomic E-state index is 3.17. The van der Waals surface area contributed by atoms with E-state index in [9.17, 15) is 0 Å². The third-order valence-electron chi connectivity index (χ3n) is 2.85. The predicted octanol–water partition coefficient (Wildman–Crippen LogP) is 3.60. The van der Waals surface area contributed by atoms with Crippen LogP contribution in [0.5, 0.6) is 0 Å². The Hall–Kier alpha value is -1.18. The highest BCUT2D eigenvalue weighted by Crippen LogP contribution is 2.18. The summed E-state index contributed by atoms with van der Waals surface area (Å²) in [6.07, 6.45) is 2.56. The predicted molar refractivity (Wildman–Crippen MR) is 73.3 cm³/mol. The summed E-state index contributed by atoms with van der Waals surface area (Å²) in [5.41, 5.74) is 2.46. The molecule has 0 amide bonds. The SMILES string of the molecule is CNc1cccc(N(C)CCCC(C)C)c1. The van der Waals surface area contributed by atoms with Crippen LogP contribution < -0.4 is 10.2 Å². The Kier molecular flexibility index (Phi) is 5.17. The molecule has 1 rings (SSSR count). The minimum Gasteiger partial charge on any atom is -0.388 e. The van der Waals surface area contributed by atoms with Crippen molar-refractivity contribution >= 4 is 11.4 Å². The molecule has 16 heavy (non-hydrogen) atoms. The first kappa shape index (κ1) is 12.9. The first-order valence-corrected chi connectivity index (χ1v) is 6.12. The molecule has 0 aliphatic carbocycles. The van der Waals surface area contributed by atoms with Gasteiger partial charge in [-0.1, -0.05) is 19.9 Å². The lowest BCUT2D eigenvalue weighted by Gasteiger charge is -2.20. The molecule has 0 heterocycles. The van der Waals surface area contributed by atoms with Crippen molar-refractivity contribution in [1.82, 2.24) is 0 Å². The molecule has 0 aliphatic heterocycles. The van der Waals surface area contributed by atoms with Crippen LogP contribution in [0.1, 0.15) is 26.7 Å². The second-order valence-corrected chi connectivity index (χ2v) is 4.76. The van der Waals surface area contributed by atoms with E-state index in [4.69, 9.17) is 0 Å². The van der Waals surface area contributed by atoms with Crippen LogP contribution in [0, 0.1) is 5.92 Å². The second kappa shape index (κ2) is 6.41. The summed E-state index contributed by atoms with van der Waals surface area (Å²) in [5, 5.41) is 3.17. The highest BCUT2D eigenvalue weighted by molar-refractivity contribution is 5.57. The highest BCUT2D eigenvalue weighted by atomic mass is 15.1. The van der Waals surface area contributed by atoms with Crippen LogP contribution in [0.15, 0.2) is 24.3 Å². The summed E-state index contributed by atoms with van der Waals surface area (Å²) in [7, 11) is 4.12. The first-order chi connectivity index (χ1) is 7.63. The van der Waals surface area contributed by atoms with E-state index in [0.717, 1.165) is 12.5 Å². The number of nitrogens with one attached hydrogen (secondary N) is 1. The maximum Gasteiger partial charge on any atom is 0.0384 e. The quantitative estimate of drug-likeness (QED) is 0.788. The van der Waals surface area contributed by atoms with Gasteiger partial charge in [0, 0.05) is 32.0 Å². The lowest BCUT2D eigenvalue weighted by molar-refractivity contribution is 0.556. The van der Waals surface area contributed by atoms with Gasteiger partial charge in [-0.25, -0.2) is 0 Å². The van der Waals surface area contributed by atoms with Crippen molar-refractivity contribution in [2.24, 2.45) is 5.92 Å².